The lowest BCUT2D eigenvalue weighted by Crippen LogP contribution is -2.48. The molecule has 0 unspecified atom stereocenters. The number of carbonyl (C=O) groups is 1. The zero-order valence-corrected chi connectivity index (χ0v) is 25.1. The fraction of sp³-hybridized carbons (Fsp3) is 0.455. The predicted octanol–water partition coefficient (Wildman–Crippen LogP) is 4.92. The predicted molar refractivity (Wildman–Crippen MR) is 159 cm³/mol. The number of halogens is 4. The molecule has 0 saturated carbocycles. The van der Waals surface area contributed by atoms with E-state index >= 15 is 4.39 Å². The maximum Gasteiger partial charge on any atom is 0.249 e. The Morgan fingerprint density at radius 3 is 2.49 bits per heavy atom. The van der Waals surface area contributed by atoms with Crippen molar-refractivity contribution in [1.82, 2.24) is 20.3 Å². The number of nitrogens with zero attached hydrogens (tertiary/aromatic N) is 3. The number of ether oxygens (including phenoxy) is 2. The van der Waals surface area contributed by atoms with Crippen LogP contribution in [0.3, 0.4) is 0 Å². The molecule has 3 aromatic rings. The van der Waals surface area contributed by atoms with Gasteiger partial charge in [0.2, 0.25) is 5.91 Å². The molecule has 8 nitrogen and oxygen atoms in total. The summed E-state index contributed by atoms with van der Waals surface area (Å²) < 4.78 is 67.6. The van der Waals surface area contributed by atoms with Crippen LogP contribution >= 0.6 is 0 Å². The first-order valence-corrected chi connectivity index (χ1v) is 14.9. The van der Waals surface area contributed by atoms with E-state index in [1.807, 2.05) is 4.90 Å². The Bertz CT molecular complexity index is 1560. The summed E-state index contributed by atoms with van der Waals surface area (Å²) in [6.07, 6.45) is 1.23. The van der Waals surface area contributed by atoms with E-state index in [2.05, 4.69) is 21.7 Å². The summed E-state index contributed by atoms with van der Waals surface area (Å²) in [6, 6.07) is 7.03. The van der Waals surface area contributed by atoms with Gasteiger partial charge in [-0.15, -0.1) is 0 Å². The lowest BCUT2D eigenvalue weighted by molar-refractivity contribution is -0.143. The minimum Gasteiger partial charge on any atom is -0.497 e. The van der Waals surface area contributed by atoms with Crippen molar-refractivity contribution in [3.8, 4) is 17.6 Å². The van der Waals surface area contributed by atoms with E-state index in [1.54, 1.807) is 37.0 Å². The second-order valence-corrected chi connectivity index (χ2v) is 11.5. The van der Waals surface area contributed by atoms with Gasteiger partial charge in [-0.1, -0.05) is 11.8 Å². The van der Waals surface area contributed by atoms with Crippen LogP contribution in [0, 0.1) is 34.7 Å². The Balaban J connectivity index is 1.30. The minimum atomic E-state index is -1.55. The van der Waals surface area contributed by atoms with Gasteiger partial charge in [0.1, 0.15) is 11.9 Å². The normalized spacial score (nSPS) is 17.8. The summed E-state index contributed by atoms with van der Waals surface area (Å²) >= 11 is 0. The number of pyridine rings is 1. The van der Waals surface area contributed by atoms with E-state index in [-0.39, 0.29) is 24.9 Å². The molecule has 5 rings (SSSR count). The molecule has 2 N–H and O–H groups in total. The van der Waals surface area contributed by atoms with Crippen molar-refractivity contribution in [3.05, 3.63) is 70.7 Å². The van der Waals surface area contributed by atoms with E-state index in [0.717, 1.165) is 30.8 Å². The number of morpholine rings is 1. The number of likely N-dealkylation sites (tertiary alicyclic amines) is 1. The lowest BCUT2D eigenvalue weighted by atomic mass is 9.73. The largest absolute Gasteiger partial charge is 0.497 e. The molecule has 3 heterocycles. The number of methoxy groups -OCH3 is 1. The van der Waals surface area contributed by atoms with Gasteiger partial charge in [-0.3, -0.25) is 24.8 Å². The highest BCUT2D eigenvalue weighted by atomic mass is 19.2. The van der Waals surface area contributed by atoms with Crippen molar-refractivity contribution in [1.29, 1.82) is 0 Å². The monoisotopic (exact) mass is 628 g/mol. The van der Waals surface area contributed by atoms with Crippen molar-refractivity contribution in [3.63, 3.8) is 0 Å². The zero-order valence-electron chi connectivity index (χ0n) is 25.1. The van der Waals surface area contributed by atoms with Gasteiger partial charge in [0.15, 0.2) is 17.5 Å². The van der Waals surface area contributed by atoms with E-state index < -0.39 is 34.9 Å². The van der Waals surface area contributed by atoms with Crippen LogP contribution in [-0.4, -0.2) is 78.9 Å². The smallest absolute Gasteiger partial charge is 0.249 e. The summed E-state index contributed by atoms with van der Waals surface area (Å²) in [4.78, 5) is 21.7. The van der Waals surface area contributed by atoms with Gasteiger partial charge in [-0.2, -0.15) is 0 Å². The van der Waals surface area contributed by atoms with Crippen LogP contribution in [0.2, 0.25) is 0 Å². The van der Waals surface area contributed by atoms with Crippen LogP contribution in [-0.2, 0) is 16.1 Å². The highest BCUT2D eigenvalue weighted by molar-refractivity contribution is 5.85. The minimum absolute atomic E-state index is 0.0145. The molecule has 2 aliphatic heterocycles. The van der Waals surface area contributed by atoms with Crippen molar-refractivity contribution >= 4 is 16.8 Å². The average Bonchev–Trinajstić information content (AvgIpc) is 3.06. The van der Waals surface area contributed by atoms with Crippen LogP contribution in [0.1, 0.15) is 48.5 Å². The van der Waals surface area contributed by atoms with E-state index in [1.165, 1.54) is 0 Å². The number of nitrogens with one attached hydrogen (secondary N) is 1. The molecule has 2 fully saturated rings. The summed E-state index contributed by atoms with van der Waals surface area (Å²) in [5, 5.41) is 10.3. The maximum absolute atomic E-state index is 16.5. The number of carbonyl (C=O) groups excluding carboxylic acids is 1. The molecule has 1 amide bonds. The van der Waals surface area contributed by atoms with E-state index in [0.29, 0.717) is 67.9 Å². The molecule has 2 saturated heterocycles. The van der Waals surface area contributed by atoms with Gasteiger partial charge in [-0.25, -0.2) is 23.0 Å². The van der Waals surface area contributed by atoms with Gasteiger partial charge in [0, 0.05) is 55.4 Å². The van der Waals surface area contributed by atoms with Crippen LogP contribution in [0.4, 0.5) is 17.6 Å². The third kappa shape index (κ3) is 7.56. The van der Waals surface area contributed by atoms with Gasteiger partial charge in [-0.05, 0) is 61.6 Å². The number of piperidine rings is 1. The molecule has 0 bridgehead atoms. The van der Waals surface area contributed by atoms with Crippen molar-refractivity contribution in [2.45, 2.75) is 38.4 Å². The lowest BCUT2D eigenvalue weighted by Gasteiger charge is -2.40. The summed E-state index contributed by atoms with van der Waals surface area (Å²) in [5.41, 5.74) is 2.73. The van der Waals surface area contributed by atoms with Crippen molar-refractivity contribution in [2.24, 2.45) is 5.41 Å². The topological polar surface area (TPSA) is 87.2 Å². The standard InChI is InChI=1S/C33H36F4N4O4/c1-44-24-4-5-29-25(19-24)30(23(20-38-29)21-41-13-15-45-16-14-41)26(34)6-7-33(32(42)39-43)8-11-40(12-9-33)10-2-3-22-17-27(35)31(37)28(36)18-22/h4-5,17-20,26,43H,6-16,21H2,1H3,(H,39,42)/t26-/m1/s1. The van der Waals surface area contributed by atoms with E-state index in [4.69, 9.17) is 9.47 Å². The molecule has 1 atom stereocenters. The van der Waals surface area contributed by atoms with Crippen LogP contribution < -0.4 is 10.2 Å². The molecule has 0 aliphatic carbocycles. The molecule has 1 aromatic heterocycles. The highest BCUT2D eigenvalue weighted by Gasteiger charge is 2.41. The van der Waals surface area contributed by atoms with Crippen LogP contribution in [0.25, 0.3) is 10.9 Å². The number of hydrogen-bond acceptors (Lipinski definition) is 7. The maximum atomic E-state index is 16.5. The number of alkyl halides is 1. The molecule has 2 aliphatic rings. The quantitative estimate of drug-likeness (QED) is 0.114. The van der Waals surface area contributed by atoms with Gasteiger partial charge in [0.25, 0.3) is 0 Å². The highest BCUT2D eigenvalue weighted by Crippen LogP contribution is 2.41. The average molecular weight is 629 g/mol. The molecule has 12 heteroatoms. The van der Waals surface area contributed by atoms with Crippen molar-refractivity contribution in [2.75, 3.05) is 53.0 Å². The third-order valence-electron chi connectivity index (χ3n) is 8.80. The Hall–Kier alpha value is -3.76. The molecule has 0 spiro atoms. The summed E-state index contributed by atoms with van der Waals surface area (Å²) in [5.74, 6) is 1.33. The number of fused-ring (bicyclic) bond motifs is 1. The first-order valence-electron chi connectivity index (χ1n) is 14.9. The molecule has 45 heavy (non-hydrogen) atoms. The Labute approximate surface area is 259 Å². The fourth-order valence-corrected chi connectivity index (χ4v) is 6.13. The third-order valence-corrected chi connectivity index (χ3v) is 8.80. The number of aromatic nitrogens is 1. The molecule has 0 radical (unpaired) electrons. The number of benzene rings is 2. The van der Waals surface area contributed by atoms with Gasteiger partial charge >= 0.3 is 0 Å². The molecule has 2 aromatic carbocycles. The van der Waals surface area contributed by atoms with Gasteiger partial charge < -0.3 is 9.47 Å². The van der Waals surface area contributed by atoms with Gasteiger partial charge in [0.05, 0.1) is 37.8 Å². The number of rotatable bonds is 9. The first-order chi connectivity index (χ1) is 21.7. The number of hydroxylamine groups is 1. The second kappa shape index (κ2) is 14.6. The molecule has 240 valence electrons. The summed E-state index contributed by atoms with van der Waals surface area (Å²) in [7, 11) is 1.55. The van der Waals surface area contributed by atoms with Crippen LogP contribution in [0.5, 0.6) is 5.75 Å². The van der Waals surface area contributed by atoms with Crippen LogP contribution in [0.15, 0.2) is 36.5 Å². The molecular formula is C33H36F4N4O4. The Kier molecular flexibility index (Phi) is 10.6. The molecular weight excluding hydrogens is 592 g/mol. The number of hydrogen-bond donors (Lipinski definition) is 2. The number of amides is 1. The Morgan fingerprint density at radius 1 is 1.11 bits per heavy atom. The summed E-state index contributed by atoms with van der Waals surface area (Å²) in [6.45, 7) is 4.29. The Morgan fingerprint density at radius 2 is 1.82 bits per heavy atom. The van der Waals surface area contributed by atoms with Crippen molar-refractivity contribution < 1.29 is 37.0 Å². The first kappa shape index (κ1) is 32.6. The second-order valence-electron chi connectivity index (χ2n) is 11.5. The zero-order chi connectivity index (χ0) is 32.0. The SMILES string of the molecule is COc1ccc2ncc(CN3CCOCC3)c([C@H](F)CCC3(C(=O)NO)CCN(CC#Cc4cc(F)c(F)c(F)c4)CC3)c2c1. The van der Waals surface area contributed by atoms with E-state index in [9.17, 15) is 23.2 Å². The fourth-order valence-electron chi connectivity index (χ4n) is 6.13.